The van der Waals surface area contributed by atoms with Gasteiger partial charge in [0.05, 0.1) is 0 Å². The summed E-state index contributed by atoms with van der Waals surface area (Å²) in [7, 11) is 8.07. The van der Waals surface area contributed by atoms with Crippen molar-refractivity contribution in [3.8, 4) is 0 Å². The third-order valence-electron chi connectivity index (χ3n) is 2.03. The lowest BCUT2D eigenvalue weighted by molar-refractivity contribution is 0.530. The van der Waals surface area contributed by atoms with Crippen LogP contribution in [0.2, 0.25) is 0 Å². The lowest BCUT2D eigenvalue weighted by atomic mass is 10.1. The van der Waals surface area contributed by atoms with Gasteiger partial charge in [0.1, 0.15) is 0 Å². The van der Waals surface area contributed by atoms with Crippen LogP contribution in [0.4, 0.5) is 0 Å². The van der Waals surface area contributed by atoms with Crippen LogP contribution in [-0.2, 0) is 0 Å². The standard InChI is InChI=1S/C6H16N3P3/c1-7-6-4-9(10)3-5(6)2-8-12-11/h5,8,12H,2-4,10-11H2,1H3. The Labute approximate surface area is 80.3 Å². The topological polar surface area (TPSA) is 27.6 Å². The van der Waals surface area contributed by atoms with Crippen molar-refractivity contribution in [3.05, 3.63) is 0 Å². The molecule has 0 bridgehead atoms. The van der Waals surface area contributed by atoms with E-state index in [0.717, 1.165) is 28.1 Å². The monoisotopic (exact) mass is 223 g/mol. The second-order valence-corrected chi connectivity index (χ2v) is 5.11. The minimum Gasteiger partial charge on any atom is -0.296 e. The highest BCUT2D eigenvalue weighted by molar-refractivity contribution is 8.01. The Bertz CT molecular complexity index is 173. The van der Waals surface area contributed by atoms with Crippen LogP contribution in [0.1, 0.15) is 0 Å². The van der Waals surface area contributed by atoms with Gasteiger partial charge >= 0.3 is 0 Å². The predicted octanol–water partition coefficient (Wildman–Crippen LogP) is 0.752. The van der Waals surface area contributed by atoms with Gasteiger partial charge in [-0.25, -0.2) is 0 Å². The maximum absolute atomic E-state index is 4.29. The van der Waals surface area contributed by atoms with Crippen LogP contribution in [0, 0.1) is 5.92 Å². The maximum atomic E-state index is 4.29. The van der Waals surface area contributed by atoms with Crippen LogP contribution in [-0.4, -0.2) is 37.1 Å². The van der Waals surface area contributed by atoms with E-state index >= 15 is 0 Å². The normalized spacial score (nSPS) is 29.6. The summed E-state index contributed by atoms with van der Waals surface area (Å²) in [6.07, 6.45) is 0. The summed E-state index contributed by atoms with van der Waals surface area (Å²) < 4.78 is 2.24. The molecule has 70 valence electrons. The average Bonchev–Trinajstić information content (AvgIpc) is 2.42. The van der Waals surface area contributed by atoms with E-state index in [0.29, 0.717) is 5.92 Å². The second kappa shape index (κ2) is 5.58. The number of nitrogens with one attached hydrogen (secondary N) is 1. The number of aliphatic imine (C=N–C) groups is 1. The van der Waals surface area contributed by atoms with Crippen LogP contribution in [0.15, 0.2) is 4.99 Å². The van der Waals surface area contributed by atoms with E-state index < -0.39 is 0 Å². The van der Waals surface area contributed by atoms with Gasteiger partial charge in [-0.2, -0.15) is 0 Å². The Kier molecular flexibility index (Phi) is 5.09. The molecule has 6 heteroatoms. The van der Waals surface area contributed by atoms with Crippen LogP contribution in [0.25, 0.3) is 0 Å². The predicted molar refractivity (Wildman–Crippen MR) is 64.2 cm³/mol. The highest BCUT2D eigenvalue weighted by Gasteiger charge is 2.25. The maximum Gasteiger partial charge on any atom is 0.0401 e. The first-order valence-corrected chi connectivity index (χ1v) is 7.24. The van der Waals surface area contributed by atoms with Crippen molar-refractivity contribution in [1.29, 1.82) is 0 Å². The van der Waals surface area contributed by atoms with Gasteiger partial charge in [0.25, 0.3) is 0 Å². The Hall–Kier alpha value is 0.880. The smallest absolute Gasteiger partial charge is 0.0401 e. The molecule has 4 atom stereocenters. The molecule has 1 heterocycles. The number of rotatable bonds is 3. The fraction of sp³-hybridized carbons (Fsp3) is 0.833. The summed E-state index contributed by atoms with van der Waals surface area (Å²) in [5, 5.41) is 3.35. The average molecular weight is 223 g/mol. The summed E-state index contributed by atoms with van der Waals surface area (Å²) in [4.78, 5) is 4.29. The molecule has 12 heavy (non-hydrogen) atoms. The van der Waals surface area contributed by atoms with Crippen molar-refractivity contribution < 1.29 is 0 Å². The van der Waals surface area contributed by atoms with Crippen molar-refractivity contribution >= 4 is 32.5 Å². The molecule has 0 spiro atoms. The van der Waals surface area contributed by atoms with Gasteiger partial charge in [0, 0.05) is 38.3 Å². The Morgan fingerprint density at radius 2 is 2.58 bits per heavy atom. The van der Waals surface area contributed by atoms with Crippen molar-refractivity contribution in [1.82, 2.24) is 9.76 Å². The molecule has 1 fully saturated rings. The van der Waals surface area contributed by atoms with Crippen LogP contribution < -0.4 is 5.09 Å². The molecular formula is C6H16N3P3. The molecule has 1 aliphatic heterocycles. The first-order valence-electron chi connectivity index (χ1n) is 3.91. The van der Waals surface area contributed by atoms with E-state index in [1.165, 1.54) is 5.71 Å². The van der Waals surface area contributed by atoms with Crippen LogP contribution in [0.3, 0.4) is 0 Å². The first-order chi connectivity index (χ1) is 5.77. The van der Waals surface area contributed by atoms with Crippen molar-refractivity contribution in [2.75, 3.05) is 26.7 Å². The molecule has 0 aromatic rings. The molecule has 1 saturated heterocycles. The van der Waals surface area contributed by atoms with Gasteiger partial charge < -0.3 is 0 Å². The molecule has 1 aliphatic rings. The largest absolute Gasteiger partial charge is 0.296 e. The number of nitrogens with zero attached hydrogens (tertiary/aromatic N) is 2. The fourth-order valence-corrected chi connectivity index (χ4v) is 2.57. The van der Waals surface area contributed by atoms with E-state index in [2.05, 4.69) is 33.1 Å². The molecule has 3 nitrogen and oxygen atoms in total. The summed E-state index contributed by atoms with van der Waals surface area (Å²) >= 11 is 0. The van der Waals surface area contributed by atoms with Crippen LogP contribution in [0.5, 0.6) is 0 Å². The van der Waals surface area contributed by atoms with Gasteiger partial charge in [-0.3, -0.25) is 14.8 Å². The molecule has 0 aromatic heterocycles. The van der Waals surface area contributed by atoms with Crippen molar-refractivity contribution in [3.63, 3.8) is 0 Å². The van der Waals surface area contributed by atoms with Crippen molar-refractivity contribution in [2.45, 2.75) is 0 Å². The number of hydrogen-bond donors (Lipinski definition) is 1. The van der Waals surface area contributed by atoms with E-state index in [-0.39, 0.29) is 0 Å². The Balaban J connectivity index is 2.41. The molecule has 0 radical (unpaired) electrons. The lowest BCUT2D eigenvalue weighted by Crippen LogP contribution is -2.22. The molecule has 1 N–H and O–H groups in total. The van der Waals surface area contributed by atoms with Gasteiger partial charge in [0.15, 0.2) is 0 Å². The van der Waals surface area contributed by atoms with Gasteiger partial charge in [-0.1, -0.05) is 18.3 Å². The quantitative estimate of drug-likeness (QED) is 0.715. The molecule has 0 aliphatic carbocycles. The van der Waals surface area contributed by atoms with Gasteiger partial charge in [0.2, 0.25) is 0 Å². The lowest BCUT2D eigenvalue weighted by Gasteiger charge is -2.09. The fourth-order valence-electron chi connectivity index (χ4n) is 1.41. The SMILES string of the molecule is CN=C1CN(P)CC1CNPP. The Morgan fingerprint density at radius 1 is 1.83 bits per heavy atom. The van der Waals surface area contributed by atoms with E-state index in [1.54, 1.807) is 0 Å². The summed E-state index contributed by atoms with van der Waals surface area (Å²) in [5.41, 5.74) is 1.32. The molecule has 1 rings (SSSR count). The minimum atomic E-state index is 0.612. The molecule has 4 unspecified atom stereocenters. The third-order valence-corrected chi connectivity index (χ3v) is 3.44. The summed E-state index contributed by atoms with van der Waals surface area (Å²) in [6.45, 7) is 3.17. The second-order valence-electron chi connectivity index (χ2n) is 2.87. The minimum absolute atomic E-state index is 0.612. The van der Waals surface area contributed by atoms with Gasteiger partial charge in [-0.05, 0) is 8.42 Å². The van der Waals surface area contributed by atoms with Gasteiger partial charge in [-0.15, -0.1) is 0 Å². The Morgan fingerprint density at radius 3 is 3.17 bits per heavy atom. The third kappa shape index (κ3) is 2.98. The molecule has 0 aromatic carbocycles. The van der Waals surface area contributed by atoms with E-state index in [9.17, 15) is 0 Å². The molecular weight excluding hydrogens is 207 g/mol. The zero-order chi connectivity index (χ0) is 8.97. The van der Waals surface area contributed by atoms with E-state index in [1.807, 2.05) is 7.05 Å². The molecule has 0 saturated carbocycles. The highest BCUT2D eigenvalue weighted by Crippen LogP contribution is 2.20. The zero-order valence-corrected chi connectivity index (χ0v) is 10.6. The van der Waals surface area contributed by atoms with E-state index in [4.69, 9.17) is 0 Å². The molecule has 0 amide bonds. The summed E-state index contributed by atoms with van der Waals surface area (Å²) in [6, 6.07) is 0. The van der Waals surface area contributed by atoms with Crippen LogP contribution >= 0.6 is 26.7 Å². The van der Waals surface area contributed by atoms with Crippen molar-refractivity contribution in [2.24, 2.45) is 10.9 Å². The zero-order valence-electron chi connectivity index (χ0n) is 7.25. The number of hydrogen-bond acceptors (Lipinski definition) is 3. The highest BCUT2D eigenvalue weighted by atomic mass is 32.0. The summed E-state index contributed by atoms with van der Waals surface area (Å²) in [5.74, 6) is 0.612. The first kappa shape index (κ1) is 11.0.